The standard InChI is InChI=1S/C30H49N/c1-3-5-7-9-11-13-15-19-26-31(27-20-16-14-12-10-8-6-4-2)30-25-21-23-28-22-17-18-24-29(28)30/h17-18,21-25H,3-16,19-20,26-27H2,1-2H3. The number of nitrogens with zero attached hydrogens (tertiary/aromatic N) is 1. The van der Waals surface area contributed by atoms with Gasteiger partial charge in [0.2, 0.25) is 0 Å². The third kappa shape index (κ3) is 10.6. The topological polar surface area (TPSA) is 3.24 Å². The molecule has 0 aromatic heterocycles. The highest BCUT2D eigenvalue weighted by Crippen LogP contribution is 2.27. The van der Waals surface area contributed by atoms with Crippen molar-refractivity contribution in [3.05, 3.63) is 42.5 Å². The van der Waals surface area contributed by atoms with Crippen molar-refractivity contribution in [1.82, 2.24) is 0 Å². The summed E-state index contributed by atoms with van der Waals surface area (Å²) in [5, 5.41) is 2.79. The lowest BCUT2D eigenvalue weighted by molar-refractivity contribution is 0.555. The molecule has 0 saturated carbocycles. The van der Waals surface area contributed by atoms with Crippen LogP contribution in [0.2, 0.25) is 0 Å². The lowest BCUT2D eigenvalue weighted by atomic mass is 10.1. The minimum Gasteiger partial charge on any atom is -0.371 e. The number of benzene rings is 2. The molecule has 0 bridgehead atoms. The van der Waals surface area contributed by atoms with Crippen molar-refractivity contribution in [2.75, 3.05) is 18.0 Å². The predicted molar refractivity (Wildman–Crippen MR) is 141 cm³/mol. The van der Waals surface area contributed by atoms with Crippen LogP contribution in [0, 0.1) is 0 Å². The smallest absolute Gasteiger partial charge is 0.0445 e. The van der Waals surface area contributed by atoms with Crippen LogP contribution in [0.4, 0.5) is 5.69 Å². The zero-order valence-corrected chi connectivity index (χ0v) is 20.7. The first-order valence-electron chi connectivity index (χ1n) is 13.6. The summed E-state index contributed by atoms with van der Waals surface area (Å²) < 4.78 is 0. The van der Waals surface area contributed by atoms with E-state index >= 15 is 0 Å². The van der Waals surface area contributed by atoms with Crippen LogP contribution < -0.4 is 4.90 Å². The molecule has 0 amide bonds. The minimum absolute atomic E-state index is 1.21. The Bertz CT molecular complexity index is 652. The molecule has 0 radical (unpaired) electrons. The van der Waals surface area contributed by atoms with Crippen LogP contribution in [0.1, 0.15) is 117 Å². The Morgan fingerprint density at radius 3 is 1.48 bits per heavy atom. The van der Waals surface area contributed by atoms with E-state index < -0.39 is 0 Å². The van der Waals surface area contributed by atoms with Crippen molar-refractivity contribution in [2.24, 2.45) is 0 Å². The van der Waals surface area contributed by atoms with Crippen LogP contribution in [-0.4, -0.2) is 13.1 Å². The van der Waals surface area contributed by atoms with Crippen LogP contribution in [-0.2, 0) is 0 Å². The zero-order chi connectivity index (χ0) is 22.0. The molecule has 2 aromatic rings. The van der Waals surface area contributed by atoms with Gasteiger partial charge in [0.1, 0.15) is 0 Å². The highest BCUT2D eigenvalue weighted by atomic mass is 15.1. The molecule has 0 aliphatic carbocycles. The van der Waals surface area contributed by atoms with E-state index in [1.807, 2.05) is 0 Å². The lowest BCUT2D eigenvalue weighted by Gasteiger charge is -2.26. The normalized spacial score (nSPS) is 11.3. The molecule has 0 spiro atoms. The van der Waals surface area contributed by atoms with E-state index in [-0.39, 0.29) is 0 Å². The molecule has 0 aliphatic heterocycles. The Morgan fingerprint density at radius 2 is 0.935 bits per heavy atom. The average molecular weight is 424 g/mol. The molecule has 31 heavy (non-hydrogen) atoms. The SMILES string of the molecule is CCCCCCCCCCN(CCCCCCCCCC)c1cccc2ccccc12. The predicted octanol–water partition coefficient (Wildman–Crippen LogP) is 9.93. The summed E-state index contributed by atoms with van der Waals surface area (Å²) in [5.74, 6) is 0. The third-order valence-electron chi connectivity index (χ3n) is 6.67. The summed E-state index contributed by atoms with van der Waals surface area (Å²) >= 11 is 0. The molecular formula is C30H49N. The number of unbranched alkanes of at least 4 members (excludes halogenated alkanes) is 14. The molecule has 0 heterocycles. The Hall–Kier alpha value is -1.50. The van der Waals surface area contributed by atoms with E-state index in [2.05, 4.69) is 61.2 Å². The van der Waals surface area contributed by atoms with Gasteiger partial charge in [-0.1, -0.05) is 140 Å². The first-order chi connectivity index (χ1) is 15.4. The first-order valence-corrected chi connectivity index (χ1v) is 13.6. The van der Waals surface area contributed by atoms with Crippen molar-refractivity contribution in [3.63, 3.8) is 0 Å². The van der Waals surface area contributed by atoms with Gasteiger partial charge in [0, 0.05) is 24.2 Å². The monoisotopic (exact) mass is 423 g/mol. The van der Waals surface area contributed by atoms with E-state index in [0.717, 1.165) is 0 Å². The van der Waals surface area contributed by atoms with E-state index in [1.165, 1.54) is 132 Å². The second-order valence-electron chi connectivity index (χ2n) is 9.44. The summed E-state index contributed by atoms with van der Waals surface area (Å²) in [6.07, 6.45) is 22.3. The van der Waals surface area contributed by atoms with E-state index in [4.69, 9.17) is 0 Å². The number of hydrogen-bond acceptors (Lipinski definition) is 1. The fourth-order valence-corrected chi connectivity index (χ4v) is 4.71. The molecule has 1 heteroatoms. The van der Waals surface area contributed by atoms with Crippen LogP contribution in [0.5, 0.6) is 0 Å². The summed E-state index contributed by atoms with van der Waals surface area (Å²) in [6, 6.07) is 15.8. The van der Waals surface area contributed by atoms with Gasteiger partial charge in [-0.05, 0) is 24.3 Å². The van der Waals surface area contributed by atoms with Gasteiger partial charge in [0.15, 0.2) is 0 Å². The molecule has 0 saturated heterocycles. The summed E-state index contributed by atoms with van der Waals surface area (Å²) in [4.78, 5) is 2.69. The highest BCUT2D eigenvalue weighted by Gasteiger charge is 2.10. The van der Waals surface area contributed by atoms with Gasteiger partial charge in [-0.2, -0.15) is 0 Å². The minimum atomic E-state index is 1.21. The highest BCUT2D eigenvalue weighted by molar-refractivity contribution is 5.94. The van der Waals surface area contributed by atoms with Crippen molar-refractivity contribution in [1.29, 1.82) is 0 Å². The molecular weight excluding hydrogens is 374 g/mol. The van der Waals surface area contributed by atoms with Gasteiger partial charge < -0.3 is 4.90 Å². The summed E-state index contributed by atoms with van der Waals surface area (Å²) in [5.41, 5.74) is 1.45. The molecule has 0 N–H and O–H groups in total. The fourth-order valence-electron chi connectivity index (χ4n) is 4.71. The molecule has 0 aliphatic rings. The maximum absolute atomic E-state index is 2.69. The first kappa shape index (κ1) is 25.8. The second kappa shape index (κ2) is 17.1. The lowest BCUT2D eigenvalue weighted by Crippen LogP contribution is -2.26. The van der Waals surface area contributed by atoms with Crippen molar-refractivity contribution >= 4 is 16.5 Å². The van der Waals surface area contributed by atoms with Gasteiger partial charge in [0.25, 0.3) is 0 Å². The van der Waals surface area contributed by atoms with Crippen molar-refractivity contribution in [3.8, 4) is 0 Å². The average Bonchev–Trinajstić information content (AvgIpc) is 2.81. The van der Waals surface area contributed by atoms with E-state index in [1.54, 1.807) is 0 Å². The maximum atomic E-state index is 2.69. The fraction of sp³-hybridized carbons (Fsp3) is 0.667. The second-order valence-corrected chi connectivity index (χ2v) is 9.44. The van der Waals surface area contributed by atoms with E-state index in [0.29, 0.717) is 0 Å². The van der Waals surface area contributed by atoms with Crippen LogP contribution in [0.25, 0.3) is 10.8 Å². The molecule has 0 unspecified atom stereocenters. The van der Waals surface area contributed by atoms with Gasteiger partial charge in [-0.25, -0.2) is 0 Å². The quantitative estimate of drug-likeness (QED) is 0.203. The van der Waals surface area contributed by atoms with Crippen LogP contribution >= 0.6 is 0 Å². The summed E-state index contributed by atoms with van der Waals surface area (Å²) in [7, 11) is 0. The maximum Gasteiger partial charge on any atom is 0.0445 e. The Labute approximate surface area is 193 Å². The molecule has 2 aromatic carbocycles. The van der Waals surface area contributed by atoms with Crippen molar-refractivity contribution < 1.29 is 0 Å². The zero-order valence-electron chi connectivity index (χ0n) is 20.7. The molecule has 174 valence electrons. The van der Waals surface area contributed by atoms with Gasteiger partial charge in [-0.15, -0.1) is 0 Å². The Balaban J connectivity index is 1.81. The van der Waals surface area contributed by atoms with Gasteiger partial charge in [0.05, 0.1) is 0 Å². The van der Waals surface area contributed by atoms with Gasteiger partial charge >= 0.3 is 0 Å². The molecule has 1 nitrogen and oxygen atoms in total. The number of rotatable bonds is 19. The Morgan fingerprint density at radius 1 is 0.484 bits per heavy atom. The van der Waals surface area contributed by atoms with Gasteiger partial charge in [-0.3, -0.25) is 0 Å². The van der Waals surface area contributed by atoms with Crippen LogP contribution in [0.15, 0.2) is 42.5 Å². The molecule has 0 atom stereocenters. The molecule has 0 fully saturated rings. The Kier molecular flexibility index (Phi) is 14.2. The molecule has 2 rings (SSSR count). The summed E-state index contributed by atoms with van der Waals surface area (Å²) in [6.45, 7) is 7.02. The number of fused-ring (bicyclic) bond motifs is 1. The number of anilines is 1. The van der Waals surface area contributed by atoms with Crippen LogP contribution in [0.3, 0.4) is 0 Å². The van der Waals surface area contributed by atoms with E-state index in [9.17, 15) is 0 Å². The van der Waals surface area contributed by atoms with Crippen molar-refractivity contribution in [2.45, 2.75) is 117 Å². The third-order valence-corrected chi connectivity index (χ3v) is 6.67. The number of hydrogen-bond donors (Lipinski definition) is 0. The largest absolute Gasteiger partial charge is 0.371 e.